The van der Waals surface area contributed by atoms with Crippen LogP contribution in [0, 0.1) is 0 Å². The maximum absolute atomic E-state index is 12.7. The molecule has 0 fully saturated rings. The molecule has 3 aromatic rings. The summed E-state index contributed by atoms with van der Waals surface area (Å²) in [5.41, 5.74) is 6.88. The molecule has 0 aliphatic rings. The van der Waals surface area contributed by atoms with E-state index in [1.807, 2.05) is 0 Å². The molecule has 22 heavy (non-hydrogen) atoms. The number of carbonyl (C=O) groups excluding carboxylic acids is 1. The number of fused-ring (bicyclic) bond motifs is 1. The minimum absolute atomic E-state index is 0.260. The van der Waals surface area contributed by atoms with Crippen molar-refractivity contribution in [2.45, 2.75) is 6.18 Å². The standard InChI is InChI=1S/C14H8F3N3OS/c15-14(16,17)11-4-2-8(12(20-11)13(18)21)7-1-3-9-10(5-7)22-6-19-9/h1-6H,(H2,18,21). The number of alkyl halides is 3. The quantitative estimate of drug-likeness (QED) is 0.785. The SMILES string of the molecule is NC(=O)c1nc(C(F)(F)F)ccc1-c1ccc2ncsc2c1. The van der Waals surface area contributed by atoms with Gasteiger partial charge >= 0.3 is 6.18 Å². The van der Waals surface area contributed by atoms with Gasteiger partial charge in [0.15, 0.2) is 0 Å². The molecule has 4 nitrogen and oxygen atoms in total. The molecule has 0 spiro atoms. The molecule has 1 aromatic carbocycles. The van der Waals surface area contributed by atoms with Crippen LogP contribution in [0.4, 0.5) is 13.2 Å². The molecule has 0 aliphatic carbocycles. The van der Waals surface area contributed by atoms with Crippen molar-refractivity contribution in [1.82, 2.24) is 9.97 Å². The van der Waals surface area contributed by atoms with Crippen molar-refractivity contribution in [3.8, 4) is 11.1 Å². The lowest BCUT2D eigenvalue weighted by atomic mass is 10.0. The smallest absolute Gasteiger partial charge is 0.364 e. The summed E-state index contributed by atoms with van der Waals surface area (Å²) in [6.07, 6.45) is -4.63. The number of carbonyl (C=O) groups is 1. The number of amides is 1. The first-order valence-corrected chi connectivity index (χ1v) is 6.96. The summed E-state index contributed by atoms with van der Waals surface area (Å²) in [7, 11) is 0. The number of nitrogens with zero attached hydrogens (tertiary/aromatic N) is 2. The molecule has 0 bridgehead atoms. The number of aromatic nitrogens is 2. The first-order chi connectivity index (χ1) is 10.4. The number of primary amides is 1. The van der Waals surface area contributed by atoms with Crippen molar-refractivity contribution >= 4 is 27.5 Å². The van der Waals surface area contributed by atoms with Crippen LogP contribution in [-0.2, 0) is 6.18 Å². The Morgan fingerprint density at radius 2 is 1.95 bits per heavy atom. The Balaban J connectivity index is 2.18. The summed E-state index contributed by atoms with van der Waals surface area (Å²) in [5, 5.41) is 0. The molecule has 0 aliphatic heterocycles. The van der Waals surface area contributed by atoms with E-state index in [0.717, 1.165) is 16.3 Å². The first kappa shape index (κ1) is 14.5. The maximum Gasteiger partial charge on any atom is 0.433 e. The van der Waals surface area contributed by atoms with E-state index in [2.05, 4.69) is 9.97 Å². The van der Waals surface area contributed by atoms with Crippen LogP contribution in [0.25, 0.3) is 21.3 Å². The van der Waals surface area contributed by atoms with E-state index < -0.39 is 23.5 Å². The number of halogens is 3. The van der Waals surface area contributed by atoms with Crippen LogP contribution in [0.1, 0.15) is 16.2 Å². The summed E-state index contributed by atoms with van der Waals surface area (Å²) in [6, 6.07) is 7.17. The lowest BCUT2D eigenvalue weighted by Crippen LogP contribution is -2.18. The molecule has 0 saturated heterocycles. The van der Waals surface area contributed by atoms with Crippen molar-refractivity contribution in [3.63, 3.8) is 0 Å². The largest absolute Gasteiger partial charge is 0.433 e. The zero-order valence-electron chi connectivity index (χ0n) is 10.9. The van der Waals surface area contributed by atoms with E-state index in [9.17, 15) is 18.0 Å². The molecule has 2 N–H and O–H groups in total. The van der Waals surface area contributed by atoms with E-state index in [4.69, 9.17) is 5.73 Å². The fraction of sp³-hybridized carbons (Fsp3) is 0.0714. The average Bonchev–Trinajstić information content (AvgIpc) is 2.92. The van der Waals surface area contributed by atoms with Gasteiger partial charge in [0.2, 0.25) is 0 Å². The third-order valence-electron chi connectivity index (χ3n) is 3.06. The number of pyridine rings is 1. The topological polar surface area (TPSA) is 68.9 Å². The van der Waals surface area contributed by atoms with Gasteiger partial charge in [-0.2, -0.15) is 13.2 Å². The minimum atomic E-state index is -4.63. The Kier molecular flexibility index (Phi) is 3.32. The van der Waals surface area contributed by atoms with Gasteiger partial charge in [-0.05, 0) is 29.8 Å². The fourth-order valence-electron chi connectivity index (χ4n) is 2.06. The van der Waals surface area contributed by atoms with Crippen LogP contribution in [0.5, 0.6) is 0 Å². The van der Waals surface area contributed by atoms with Crippen LogP contribution in [0.3, 0.4) is 0 Å². The van der Waals surface area contributed by atoms with Gasteiger partial charge in [0.05, 0.1) is 15.7 Å². The highest BCUT2D eigenvalue weighted by Gasteiger charge is 2.33. The average molecular weight is 323 g/mol. The summed E-state index contributed by atoms with van der Waals surface area (Å²) in [4.78, 5) is 19.0. The predicted octanol–water partition coefficient (Wildman–Crippen LogP) is 3.48. The summed E-state index contributed by atoms with van der Waals surface area (Å²) in [5.74, 6) is -1.01. The van der Waals surface area contributed by atoms with E-state index in [0.29, 0.717) is 5.56 Å². The second kappa shape index (κ2) is 5.06. The highest BCUT2D eigenvalue weighted by Crippen LogP contribution is 2.32. The third-order valence-corrected chi connectivity index (χ3v) is 3.85. The van der Waals surface area contributed by atoms with Crippen LogP contribution in [0.15, 0.2) is 35.8 Å². The summed E-state index contributed by atoms with van der Waals surface area (Å²) < 4.78 is 39.0. The molecule has 0 radical (unpaired) electrons. The summed E-state index contributed by atoms with van der Waals surface area (Å²) >= 11 is 1.39. The van der Waals surface area contributed by atoms with Crippen LogP contribution < -0.4 is 5.73 Å². The van der Waals surface area contributed by atoms with Crippen LogP contribution in [-0.4, -0.2) is 15.9 Å². The number of benzene rings is 1. The maximum atomic E-state index is 12.7. The molecule has 112 valence electrons. The van der Waals surface area contributed by atoms with Crippen LogP contribution >= 0.6 is 11.3 Å². The zero-order chi connectivity index (χ0) is 15.9. The number of hydrogen-bond donors (Lipinski definition) is 1. The van der Waals surface area contributed by atoms with Gasteiger partial charge in [-0.3, -0.25) is 4.79 Å². The van der Waals surface area contributed by atoms with Crippen LogP contribution in [0.2, 0.25) is 0 Å². The Labute approximate surface area is 126 Å². The molecular weight excluding hydrogens is 315 g/mol. The molecule has 1 amide bonds. The van der Waals surface area contributed by atoms with Crippen molar-refractivity contribution in [1.29, 1.82) is 0 Å². The Bertz CT molecular complexity index is 873. The van der Waals surface area contributed by atoms with Crippen molar-refractivity contribution in [3.05, 3.63) is 47.2 Å². The van der Waals surface area contributed by atoms with E-state index in [-0.39, 0.29) is 5.56 Å². The van der Waals surface area contributed by atoms with Gasteiger partial charge in [-0.15, -0.1) is 11.3 Å². The normalized spacial score (nSPS) is 11.8. The first-order valence-electron chi connectivity index (χ1n) is 6.08. The predicted molar refractivity (Wildman–Crippen MR) is 76.4 cm³/mol. The Morgan fingerprint density at radius 1 is 1.18 bits per heavy atom. The molecule has 0 saturated carbocycles. The number of thiazole rings is 1. The molecule has 3 rings (SSSR count). The van der Waals surface area contributed by atoms with Gasteiger partial charge in [0.1, 0.15) is 11.4 Å². The Hall–Kier alpha value is -2.48. The highest BCUT2D eigenvalue weighted by atomic mass is 32.1. The van der Waals surface area contributed by atoms with E-state index in [1.54, 1.807) is 23.7 Å². The molecule has 0 atom stereocenters. The third kappa shape index (κ3) is 2.52. The number of rotatable bonds is 2. The van der Waals surface area contributed by atoms with Gasteiger partial charge in [0.25, 0.3) is 5.91 Å². The minimum Gasteiger partial charge on any atom is -0.364 e. The fourth-order valence-corrected chi connectivity index (χ4v) is 2.78. The number of hydrogen-bond acceptors (Lipinski definition) is 4. The van der Waals surface area contributed by atoms with Gasteiger partial charge in [-0.1, -0.05) is 6.07 Å². The molecule has 2 aromatic heterocycles. The molecular formula is C14H8F3N3OS. The van der Waals surface area contributed by atoms with Crippen molar-refractivity contribution in [2.75, 3.05) is 0 Å². The Morgan fingerprint density at radius 3 is 2.64 bits per heavy atom. The van der Waals surface area contributed by atoms with Gasteiger partial charge < -0.3 is 5.73 Å². The lowest BCUT2D eigenvalue weighted by molar-refractivity contribution is -0.141. The zero-order valence-corrected chi connectivity index (χ0v) is 11.7. The number of nitrogens with two attached hydrogens (primary N) is 1. The van der Waals surface area contributed by atoms with E-state index >= 15 is 0 Å². The summed E-state index contributed by atoms with van der Waals surface area (Å²) in [6.45, 7) is 0. The lowest BCUT2D eigenvalue weighted by Gasteiger charge is -2.11. The van der Waals surface area contributed by atoms with Crippen molar-refractivity contribution in [2.24, 2.45) is 5.73 Å². The van der Waals surface area contributed by atoms with Crippen molar-refractivity contribution < 1.29 is 18.0 Å². The second-order valence-electron chi connectivity index (χ2n) is 4.49. The highest BCUT2D eigenvalue weighted by molar-refractivity contribution is 7.16. The monoisotopic (exact) mass is 323 g/mol. The van der Waals surface area contributed by atoms with Gasteiger partial charge in [0, 0.05) is 5.56 Å². The van der Waals surface area contributed by atoms with Gasteiger partial charge in [-0.25, -0.2) is 9.97 Å². The molecule has 2 heterocycles. The van der Waals surface area contributed by atoms with E-state index in [1.165, 1.54) is 17.4 Å². The molecule has 8 heteroatoms. The second-order valence-corrected chi connectivity index (χ2v) is 5.38. The molecule has 0 unspecified atom stereocenters.